The van der Waals surface area contributed by atoms with Crippen molar-refractivity contribution >= 4 is 21.6 Å². The first-order valence-corrected chi connectivity index (χ1v) is 11.7. The first kappa shape index (κ1) is 21.9. The van der Waals surface area contributed by atoms with E-state index in [1.165, 1.54) is 28.6 Å². The zero-order valence-corrected chi connectivity index (χ0v) is 18.2. The molecule has 0 saturated carbocycles. The average molecular weight is 450 g/mol. The first-order valence-electron chi connectivity index (χ1n) is 10.2. The Balaban J connectivity index is 1.53. The predicted molar refractivity (Wildman–Crippen MR) is 122 cm³/mol. The van der Waals surface area contributed by atoms with Crippen LogP contribution in [0.25, 0.3) is 0 Å². The average Bonchev–Trinajstić information content (AvgIpc) is 2.86. The van der Waals surface area contributed by atoms with Crippen LogP contribution in [0.4, 0.5) is 0 Å². The summed E-state index contributed by atoms with van der Waals surface area (Å²) in [6.45, 7) is 1.40. The number of amides is 1. The van der Waals surface area contributed by atoms with Crippen molar-refractivity contribution in [3.8, 4) is 0 Å². The molecule has 4 rings (SSSR count). The molecule has 1 saturated heterocycles. The van der Waals surface area contributed by atoms with Gasteiger partial charge in [-0.2, -0.15) is 9.41 Å². The summed E-state index contributed by atoms with van der Waals surface area (Å²) in [4.78, 5) is 12.8. The largest absolute Gasteiger partial charge is 0.379 e. The van der Waals surface area contributed by atoms with Crippen LogP contribution in [0.3, 0.4) is 0 Å². The SMILES string of the molecule is O=C(NN=C(c1ccccc1)c1ccccc1)c1ccc(S(=O)(=O)N2CCOCC2)cc1. The van der Waals surface area contributed by atoms with Gasteiger partial charge in [0.2, 0.25) is 10.0 Å². The van der Waals surface area contributed by atoms with E-state index in [9.17, 15) is 13.2 Å². The van der Waals surface area contributed by atoms with E-state index in [4.69, 9.17) is 4.74 Å². The second-order valence-electron chi connectivity index (χ2n) is 7.17. The summed E-state index contributed by atoms with van der Waals surface area (Å²) in [7, 11) is -3.61. The predicted octanol–water partition coefficient (Wildman–Crippen LogP) is 2.89. The van der Waals surface area contributed by atoms with E-state index in [1.54, 1.807) is 0 Å². The summed E-state index contributed by atoms with van der Waals surface area (Å²) < 4.78 is 32.1. The number of hydrazone groups is 1. The van der Waals surface area contributed by atoms with Crippen LogP contribution < -0.4 is 5.43 Å². The fourth-order valence-corrected chi connectivity index (χ4v) is 4.78. The van der Waals surface area contributed by atoms with Gasteiger partial charge in [0.15, 0.2) is 0 Å². The Morgan fingerprint density at radius 2 is 1.31 bits per heavy atom. The van der Waals surface area contributed by atoms with Crippen molar-refractivity contribution in [1.82, 2.24) is 9.73 Å². The lowest BCUT2D eigenvalue weighted by molar-refractivity contribution is 0.0730. The fraction of sp³-hybridized carbons (Fsp3) is 0.167. The van der Waals surface area contributed by atoms with Crippen molar-refractivity contribution in [2.24, 2.45) is 5.10 Å². The number of nitrogens with one attached hydrogen (secondary N) is 1. The molecule has 1 amide bonds. The molecule has 0 radical (unpaired) electrons. The van der Waals surface area contributed by atoms with Gasteiger partial charge in [-0.05, 0) is 24.3 Å². The van der Waals surface area contributed by atoms with Crippen molar-refractivity contribution in [3.05, 3.63) is 102 Å². The maximum Gasteiger partial charge on any atom is 0.271 e. The van der Waals surface area contributed by atoms with Gasteiger partial charge in [0.1, 0.15) is 0 Å². The van der Waals surface area contributed by atoms with Crippen LogP contribution in [0, 0.1) is 0 Å². The number of hydrogen-bond acceptors (Lipinski definition) is 5. The smallest absolute Gasteiger partial charge is 0.271 e. The van der Waals surface area contributed by atoms with Gasteiger partial charge in [0.25, 0.3) is 5.91 Å². The van der Waals surface area contributed by atoms with Crippen molar-refractivity contribution in [2.45, 2.75) is 4.90 Å². The van der Waals surface area contributed by atoms with Gasteiger partial charge in [-0.3, -0.25) is 4.79 Å². The van der Waals surface area contributed by atoms with E-state index in [-0.39, 0.29) is 4.90 Å². The third-order valence-electron chi connectivity index (χ3n) is 5.09. The summed E-state index contributed by atoms with van der Waals surface area (Å²) in [6, 6.07) is 25.0. The first-order chi connectivity index (χ1) is 15.6. The molecule has 1 aliphatic rings. The third-order valence-corrected chi connectivity index (χ3v) is 7.00. The number of morpholine rings is 1. The molecule has 164 valence electrons. The van der Waals surface area contributed by atoms with E-state index in [0.29, 0.717) is 37.6 Å². The van der Waals surface area contributed by atoms with Crippen LogP contribution >= 0.6 is 0 Å². The maximum absolute atomic E-state index is 12.7. The Kier molecular flexibility index (Phi) is 6.75. The number of nitrogens with zero attached hydrogens (tertiary/aromatic N) is 2. The van der Waals surface area contributed by atoms with Crippen molar-refractivity contribution < 1.29 is 17.9 Å². The molecule has 8 heteroatoms. The van der Waals surface area contributed by atoms with Gasteiger partial charge < -0.3 is 4.74 Å². The molecule has 0 bridgehead atoms. The number of carbonyl (C=O) groups excluding carboxylic acids is 1. The van der Waals surface area contributed by atoms with Crippen LogP contribution in [0.2, 0.25) is 0 Å². The van der Waals surface area contributed by atoms with Crippen molar-refractivity contribution in [2.75, 3.05) is 26.3 Å². The monoisotopic (exact) mass is 449 g/mol. The summed E-state index contributed by atoms with van der Waals surface area (Å²) in [6.07, 6.45) is 0. The lowest BCUT2D eigenvalue weighted by Crippen LogP contribution is -2.40. The van der Waals surface area contributed by atoms with Gasteiger partial charge in [0, 0.05) is 29.8 Å². The molecular weight excluding hydrogens is 426 g/mol. The Labute approximate surface area is 187 Å². The standard InChI is InChI=1S/C24H23N3O4S/c28-24(21-11-13-22(14-12-21)32(29,30)27-15-17-31-18-16-27)26-25-23(19-7-3-1-4-8-19)20-9-5-2-6-10-20/h1-14H,15-18H2,(H,26,28). The van der Waals surface area contributed by atoms with Gasteiger partial charge in [-0.1, -0.05) is 60.7 Å². The number of sulfonamides is 1. The molecule has 3 aromatic carbocycles. The Hall–Kier alpha value is -3.33. The van der Waals surface area contributed by atoms with Crippen molar-refractivity contribution in [3.63, 3.8) is 0 Å². The summed E-state index contributed by atoms with van der Waals surface area (Å²) in [5.74, 6) is -0.426. The van der Waals surface area contributed by atoms with Crippen LogP contribution in [-0.4, -0.2) is 50.6 Å². The Morgan fingerprint density at radius 3 is 1.84 bits per heavy atom. The number of carbonyl (C=O) groups is 1. The van der Waals surface area contributed by atoms with Gasteiger partial charge in [0.05, 0.1) is 23.8 Å². The highest BCUT2D eigenvalue weighted by Gasteiger charge is 2.26. The van der Waals surface area contributed by atoms with Gasteiger partial charge >= 0.3 is 0 Å². The highest BCUT2D eigenvalue weighted by Crippen LogP contribution is 2.18. The number of rotatable bonds is 6. The fourth-order valence-electron chi connectivity index (χ4n) is 3.37. The zero-order chi connectivity index (χ0) is 22.4. The van der Waals surface area contributed by atoms with Crippen molar-refractivity contribution in [1.29, 1.82) is 0 Å². The van der Waals surface area contributed by atoms with E-state index in [2.05, 4.69) is 10.5 Å². The van der Waals surface area contributed by atoms with Crippen LogP contribution in [-0.2, 0) is 14.8 Å². The Morgan fingerprint density at radius 1 is 0.781 bits per heavy atom. The molecular formula is C24H23N3O4S. The highest BCUT2D eigenvalue weighted by atomic mass is 32.2. The highest BCUT2D eigenvalue weighted by molar-refractivity contribution is 7.89. The Bertz CT molecular complexity index is 1150. The molecule has 0 unspecified atom stereocenters. The van der Waals surface area contributed by atoms with Gasteiger partial charge in [-0.15, -0.1) is 0 Å². The lowest BCUT2D eigenvalue weighted by atomic mass is 10.0. The third kappa shape index (κ3) is 4.94. The molecule has 1 N–H and O–H groups in total. The van der Waals surface area contributed by atoms with Crippen LogP contribution in [0.5, 0.6) is 0 Å². The van der Waals surface area contributed by atoms with E-state index in [0.717, 1.165) is 11.1 Å². The van der Waals surface area contributed by atoms with E-state index in [1.807, 2.05) is 60.7 Å². The molecule has 0 spiro atoms. The molecule has 1 aliphatic heterocycles. The maximum atomic E-state index is 12.7. The van der Waals surface area contributed by atoms with Crippen LogP contribution in [0.15, 0.2) is 94.9 Å². The second kappa shape index (κ2) is 9.86. The summed E-state index contributed by atoms with van der Waals surface area (Å²) in [5, 5.41) is 4.36. The van der Waals surface area contributed by atoms with E-state index >= 15 is 0 Å². The number of ether oxygens (including phenoxy) is 1. The topological polar surface area (TPSA) is 88.1 Å². The summed E-state index contributed by atoms with van der Waals surface area (Å²) in [5.41, 5.74) is 5.27. The second-order valence-corrected chi connectivity index (χ2v) is 9.11. The molecule has 7 nitrogen and oxygen atoms in total. The molecule has 32 heavy (non-hydrogen) atoms. The quantitative estimate of drug-likeness (QED) is 0.463. The molecule has 1 heterocycles. The molecule has 0 aromatic heterocycles. The molecule has 0 aliphatic carbocycles. The summed E-state index contributed by atoms with van der Waals surface area (Å²) >= 11 is 0. The molecule has 0 atom stereocenters. The lowest BCUT2D eigenvalue weighted by Gasteiger charge is -2.26. The molecule has 1 fully saturated rings. The zero-order valence-electron chi connectivity index (χ0n) is 17.3. The minimum absolute atomic E-state index is 0.147. The van der Waals surface area contributed by atoms with Gasteiger partial charge in [-0.25, -0.2) is 13.8 Å². The minimum Gasteiger partial charge on any atom is -0.379 e. The molecule has 3 aromatic rings. The van der Waals surface area contributed by atoms with Crippen LogP contribution in [0.1, 0.15) is 21.5 Å². The van der Waals surface area contributed by atoms with E-state index < -0.39 is 15.9 Å². The normalized spacial score (nSPS) is 14.5. The number of benzene rings is 3. The number of hydrogen-bond donors (Lipinski definition) is 1. The minimum atomic E-state index is -3.61.